The lowest BCUT2D eigenvalue weighted by molar-refractivity contribution is -0.121. The number of anilines is 1. The first-order valence-electron chi connectivity index (χ1n) is 16.4. The molecule has 0 spiro atoms. The average Bonchev–Trinajstić information content (AvgIpc) is 3.45. The molecule has 0 aliphatic carbocycles. The molecule has 2 aromatic carbocycles. The van der Waals surface area contributed by atoms with E-state index in [2.05, 4.69) is 10.2 Å². The molecule has 260 valence electrons. The van der Waals surface area contributed by atoms with Gasteiger partial charge in [0.25, 0.3) is 5.91 Å². The topological polar surface area (TPSA) is 99.2 Å². The Morgan fingerprint density at radius 3 is 2.43 bits per heavy atom. The zero-order valence-corrected chi connectivity index (χ0v) is 28.6. The number of benzene rings is 2. The molecule has 3 aliphatic rings. The Bertz CT molecular complexity index is 1810. The van der Waals surface area contributed by atoms with E-state index in [-0.39, 0.29) is 56.0 Å². The molecule has 0 bridgehead atoms. The second kappa shape index (κ2) is 12.7. The van der Waals surface area contributed by atoms with Crippen LogP contribution in [0.2, 0.25) is 0 Å². The third-order valence-corrected chi connectivity index (χ3v) is 9.30. The number of rotatable bonds is 6. The molecular formula is C36H41F3N6O4. The largest absolute Gasteiger partial charge is 0.444 e. The Hall–Kier alpha value is -4.52. The number of carbonyl (C=O) groups excluding carboxylic acids is 3. The number of hydrogen-bond acceptors (Lipinski definition) is 7. The Morgan fingerprint density at radius 2 is 1.71 bits per heavy atom. The van der Waals surface area contributed by atoms with E-state index in [0.717, 1.165) is 6.07 Å². The molecule has 4 heterocycles. The van der Waals surface area contributed by atoms with Crippen molar-refractivity contribution in [2.24, 2.45) is 0 Å². The maximum Gasteiger partial charge on any atom is 0.410 e. The van der Waals surface area contributed by atoms with Crippen molar-refractivity contribution in [3.63, 3.8) is 0 Å². The fraction of sp³-hybridized carbons (Fsp3) is 0.472. The van der Waals surface area contributed by atoms with Crippen molar-refractivity contribution >= 4 is 23.6 Å². The predicted octanol–water partition coefficient (Wildman–Crippen LogP) is 5.07. The van der Waals surface area contributed by atoms with E-state index in [4.69, 9.17) is 4.74 Å². The molecule has 0 unspecified atom stereocenters. The summed E-state index contributed by atoms with van der Waals surface area (Å²) in [5, 5.41) is 8.74. The van der Waals surface area contributed by atoms with Gasteiger partial charge in [-0.3, -0.25) is 14.5 Å². The number of piperazine rings is 1. The zero-order valence-electron chi connectivity index (χ0n) is 28.6. The molecule has 49 heavy (non-hydrogen) atoms. The van der Waals surface area contributed by atoms with E-state index in [1.54, 1.807) is 41.5 Å². The monoisotopic (exact) mass is 678 g/mol. The smallest absolute Gasteiger partial charge is 0.410 e. The van der Waals surface area contributed by atoms with Gasteiger partial charge in [0.05, 0.1) is 23.6 Å². The summed E-state index contributed by atoms with van der Waals surface area (Å²) in [4.78, 5) is 47.7. The standard InChI is InChI=1S/C36H41F3N6O4/c1-21-15-42(27(18-44(21)34(48)49-35(2,3)4)17-43-16-23-11-24(37)9-10-28(23)33(43)47)19-31(46)45-20-36(5,6)32-30(45)14-26(40-41-32)12-22-7-8-25(38)13-29(22)39/h7-11,13-14,21,27H,12,15-20H2,1-6H3/t21-,27+/m1/s1. The normalized spacial score (nSPS) is 20.4. The third-order valence-electron chi connectivity index (χ3n) is 9.30. The highest BCUT2D eigenvalue weighted by Crippen LogP contribution is 2.39. The lowest BCUT2D eigenvalue weighted by atomic mass is 9.91. The van der Waals surface area contributed by atoms with Gasteiger partial charge in [0.2, 0.25) is 5.91 Å². The summed E-state index contributed by atoms with van der Waals surface area (Å²) in [6.07, 6.45) is -0.412. The van der Waals surface area contributed by atoms with Crippen molar-refractivity contribution in [1.29, 1.82) is 0 Å². The van der Waals surface area contributed by atoms with Crippen LogP contribution in [-0.2, 0) is 27.9 Å². The SMILES string of the molecule is C[C@@H]1CN(CC(=O)N2CC(C)(C)c3nnc(Cc4ccc(F)cc4F)cc32)[C@@H](CN2Cc3cc(F)ccc3C2=O)CN1C(=O)OC(C)(C)C. The van der Waals surface area contributed by atoms with Crippen molar-refractivity contribution in [1.82, 2.24) is 24.9 Å². The molecule has 3 aromatic rings. The molecular weight excluding hydrogens is 637 g/mol. The summed E-state index contributed by atoms with van der Waals surface area (Å²) in [7, 11) is 0. The third kappa shape index (κ3) is 7.12. The van der Waals surface area contributed by atoms with Crippen LogP contribution in [0.4, 0.5) is 23.7 Å². The van der Waals surface area contributed by atoms with Crippen LogP contribution in [0.25, 0.3) is 0 Å². The van der Waals surface area contributed by atoms with E-state index >= 15 is 0 Å². The highest BCUT2D eigenvalue weighted by atomic mass is 19.1. The fourth-order valence-electron chi connectivity index (χ4n) is 6.89. The second-order valence-electron chi connectivity index (χ2n) is 14.9. The van der Waals surface area contributed by atoms with Gasteiger partial charge in [-0.2, -0.15) is 10.2 Å². The summed E-state index contributed by atoms with van der Waals surface area (Å²) in [5.74, 6) is -2.23. The summed E-state index contributed by atoms with van der Waals surface area (Å²) >= 11 is 0. The number of carbonyl (C=O) groups is 3. The van der Waals surface area contributed by atoms with E-state index < -0.39 is 40.6 Å². The van der Waals surface area contributed by atoms with E-state index in [9.17, 15) is 27.6 Å². The number of aromatic nitrogens is 2. The van der Waals surface area contributed by atoms with Crippen LogP contribution in [0.5, 0.6) is 0 Å². The van der Waals surface area contributed by atoms with Gasteiger partial charge in [0, 0.05) is 68.3 Å². The summed E-state index contributed by atoms with van der Waals surface area (Å²) in [6, 6.07) is 8.48. The molecule has 2 atom stereocenters. The molecule has 3 aliphatic heterocycles. The number of halogens is 3. The highest BCUT2D eigenvalue weighted by Gasteiger charge is 2.43. The van der Waals surface area contributed by atoms with Crippen molar-refractivity contribution in [2.45, 2.75) is 77.6 Å². The Balaban J connectivity index is 1.25. The average molecular weight is 679 g/mol. The molecule has 1 aromatic heterocycles. The van der Waals surface area contributed by atoms with Gasteiger partial charge < -0.3 is 19.4 Å². The minimum atomic E-state index is -0.712. The number of fused-ring (bicyclic) bond motifs is 2. The van der Waals surface area contributed by atoms with Crippen LogP contribution < -0.4 is 4.90 Å². The number of nitrogens with zero attached hydrogens (tertiary/aromatic N) is 6. The summed E-state index contributed by atoms with van der Waals surface area (Å²) in [5.41, 5.74) is 1.70. The van der Waals surface area contributed by atoms with Crippen LogP contribution in [0, 0.1) is 17.5 Å². The summed E-state index contributed by atoms with van der Waals surface area (Å²) < 4.78 is 47.6. The van der Waals surface area contributed by atoms with Gasteiger partial charge in [-0.05, 0) is 69.2 Å². The van der Waals surface area contributed by atoms with E-state index in [1.165, 1.54) is 30.3 Å². The Kier molecular flexibility index (Phi) is 8.93. The van der Waals surface area contributed by atoms with Crippen molar-refractivity contribution in [2.75, 3.05) is 37.6 Å². The van der Waals surface area contributed by atoms with Crippen LogP contribution in [0.3, 0.4) is 0 Å². The molecule has 0 N–H and O–H groups in total. The highest BCUT2D eigenvalue weighted by molar-refractivity contribution is 5.98. The number of hydrogen-bond donors (Lipinski definition) is 0. The first-order valence-corrected chi connectivity index (χ1v) is 16.4. The van der Waals surface area contributed by atoms with Gasteiger partial charge in [0.15, 0.2) is 0 Å². The zero-order chi connectivity index (χ0) is 35.4. The van der Waals surface area contributed by atoms with Gasteiger partial charge in [-0.1, -0.05) is 19.9 Å². The quantitative estimate of drug-likeness (QED) is 0.359. The van der Waals surface area contributed by atoms with Crippen LogP contribution >= 0.6 is 0 Å². The second-order valence-corrected chi connectivity index (χ2v) is 14.9. The van der Waals surface area contributed by atoms with Crippen molar-refractivity contribution in [3.05, 3.63) is 88.0 Å². The Morgan fingerprint density at radius 1 is 1.00 bits per heavy atom. The van der Waals surface area contributed by atoms with Gasteiger partial charge in [-0.25, -0.2) is 18.0 Å². The molecule has 6 rings (SSSR count). The van der Waals surface area contributed by atoms with Gasteiger partial charge in [-0.15, -0.1) is 0 Å². The van der Waals surface area contributed by atoms with Crippen LogP contribution in [0.1, 0.15) is 74.4 Å². The molecule has 3 amide bonds. The van der Waals surface area contributed by atoms with Crippen molar-refractivity contribution in [3.8, 4) is 0 Å². The van der Waals surface area contributed by atoms with E-state index in [1.807, 2.05) is 25.7 Å². The number of amides is 3. The molecule has 1 fully saturated rings. The predicted molar refractivity (Wildman–Crippen MR) is 175 cm³/mol. The Labute approximate surface area is 283 Å². The van der Waals surface area contributed by atoms with Gasteiger partial charge in [0.1, 0.15) is 23.1 Å². The van der Waals surface area contributed by atoms with Crippen molar-refractivity contribution < 1.29 is 32.3 Å². The van der Waals surface area contributed by atoms with E-state index in [0.29, 0.717) is 41.3 Å². The van der Waals surface area contributed by atoms with Crippen LogP contribution in [-0.4, -0.2) is 93.2 Å². The molecule has 13 heteroatoms. The van der Waals surface area contributed by atoms with Crippen LogP contribution in [0.15, 0.2) is 42.5 Å². The molecule has 1 saturated heterocycles. The molecule has 10 nitrogen and oxygen atoms in total. The molecule has 0 radical (unpaired) electrons. The summed E-state index contributed by atoms with van der Waals surface area (Å²) in [6.45, 7) is 12.5. The first kappa shape index (κ1) is 34.3. The fourth-order valence-corrected chi connectivity index (χ4v) is 6.89. The minimum absolute atomic E-state index is 0.0134. The lowest BCUT2D eigenvalue weighted by Gasteiger charge is -2.46. The lowest BCUT2D eigenvalue weighted by Crippen LogP contribution is -2.63. The first-order chi connectivity index (χ1) is 23.0. The molecule has 0 saturated carbocycles. The number of ether oxygens (including phenoxy) is 1. The van der Waals surface area contributed by atoms with Gasteiger partial charge >= 0.3 is 6.09 Å². The maximum atomic E-state index is 14.5. The maximum absolute atomic E-state index is 14.5. The minimum Gasteiger partial charge on any atom is -0.444 e.